The van der Waals surface area contributed by atoms with Gasteiger partial charge in [-0.15, -0.1) is 5.10 Å². The molecule has 0 saturated heterocycles. The van der Waals surface area contributed by atoms with Crippen molar-refractivity contribution in [2.24, 2.45) is 5.92 Å². The van der Waals surface area contributed by atoms with Crippen molar-refractivity contribution in [3.8, 4) is 11.3 Å². The number of imidazole rings is 1. The zero-order valence-electron chi connectivity index (χ0n) is 17.1. The molecule has 156 valence electrons. The number of hydrogen-bond acceptors (Lipinski definition) is 5. The molecule has 0 aromatic carbocycles. The van der Waals surface area contributed by atoms with Crippen LogP contribution in [0.25, 0.3) is 27.9 Å². The normalized spacial score (nSPS) is 19.9. The van der Waals surface area contributed by atoms with E-state index >= 15 is 0 Å². The Bertz CT molecular complexity index is 1230. The van der Waals surface area contributed by atoms with Gasteiger partial charge in [0.2, 0.25) is 0 Å². The summed E-state index contributed by atoms with van der Waals surface area (Å²) in [6.45, 7) is 5.94. The number of halogens is 2. The molecule has 4 heterocycles. The molecule has 0 spiro atoms. The third-order valence-corrected chi connectivity index (χ3v) is 6.98. The lowest BCUT2D eigenvalue weighted by atomic mass is 9.82. The smallest absolute Gasteiger partial charge is 0.252 e. The molecule has 4 aromatic heterocycles. The van der Waals surface area contributed by atoms with Gasteiger partial charge in [-0.1, -0.05) is 6.92 Å². The number of pyridine rings is 1. The van der Waals surface area contributed by atoms with Crippen LogP contribution in [0.1, 0.15) is 32.5 Å². The lowest BCUT2D eigenvalue weighted by Crippen LogP contribution is -2.39. The molecule has 0 aliphatic heterocycles. The fourth-order valence-electron chi connectivity index (χ4n) is 4.15. The third kappa shape index (κ3) is 3.32. The minimum Gasteiger partial charge on any atom is -0.310 e. The van der Waals surface area contributed by atoms with Gasteiger partial charge in [-0.3, -0.25) is 3.11 Å². The Morgan fingerprint density at radius 1 is 1.27 bits per heavy atom. The average molecular weight is 519 g/mol. The molecule has 5 rings (SSSR count). The topological polar surface area (TPSA) is 64.1 Å². The van der Waals surface area contributed by atoms with Crippen molar-refractivity contribution in [2.75, 3.05) is 3.11 Å². The number of aryl methyl sites for hydroxylation is 1. The summed E-state index contributed by atoms with van der Waals surface area (Å²) in [6, 6.07) is 6.38. The summed E-state index contributed by atoms with van der Waals surface area (Å²) in [5, 5.41) is 4.70. The van der Waals surface area contributed by atoms with Crippen LogP contribution in [-0.2, 0) is 6.54 Å². The van der Waals surface area contributed by atoms with Crippen molar-refractivity contribution in [1.29, 1.82) is 0 Å². The Labute approximate surface area is 187 Å². The van der Waals surface area contributed by atoms with Gasteiger partial charge in [0.25, 0.3) is 5.95 Å². The van der Waals surface area contributed by atoms with Crippen LogP contribution in [0.3, 0.4) is 0 Å². The molecule has 0 bridgehead atoms. The minimum absolute atomic E-state index is 0.243. The number of fused-ring (bicyclic) bond motifs is 2. The van der Waals surface area contributed by atoms with Crippen LogP contribution < -0.4 is 3.11 Å². The van der Waals surface area contributed by atoms with Crippen LogP contribution in [0.5, 0.6) is 0 Å². The van der Waals surface area contributed by atoms with Crippen LogP contribution >= 0.6 is 22.9 Å². The molecule has 1 fully saturated rings. The van der Waals surface area contributed by atoms with Gasteiger partial charge >= 0.3 is 0 Å². The average Bonchev–Trinajstić information content (AvgIpc) is 3.25. The summed E-state index contributed by atoms with van der Waals surface area (Å²) in [4.78, 5) is 13.9. The van der Waals surface area contributed by atoms with Gasteiger partial charge in [-0.05, 0) is 50.8 Å². The maximum Gasteiger partial charge on any atom is 0.252 e. The van der Waals surface area contributed by atoms with Crippen LogP contribution in [0.2, 0.25) is 0 Å². The molecule has 4 aromatic rings. The van der Waals surface area contributed by atoms with Crippen molar-refractivity contribution < 1.29 is 4.39 Å². The van der Waals surface area contributed by atoms with Crippen molar-refractivity contribution in [3.63, 3.8) is 0 Å². The maximum absolute atomic E-state index is 13.7. The van der Waals surface area contributed by atoms with E-state index in [-0.39, 0.29) is 6.54 Å². The zero-order valence-corrected chi connectivity index (χ0v) is 19.3. The summed E-state index contributed by atoms with van der Waals surface area (Å²) < 4.78 is 19.5. The Morgan fingerprint density at radius 2 is 2.07 bits per heavy atom. The van der Waals surface area contributed by atoms with Crippen molar-refractivity contribution >= 4 is 45.5 Å². The van der Waals surface area contributed by atoms with Crippen LogP contribution in [-0.4, -0.2) is 41.3 Å². The molecular weight excluding hydrogens is 496 g/mol. The first-order valence-electron chi connectivity index (χ1n) is 10.2. The molecule has 7 nitrogen and oxygen atoms in total. The highest BCUT2D eigenvalue weighted by Crippen LogP contribution is 2.35. The van der Waals surface area contributed by atoms with Gasteiger partial charge in [-0.2, -0.15) is 0 Å². The van der Waals surface area contributed by atoms with E-state index in [0.29, 0.717) is 11.7 Å². The molecule has 30 heavy (non-hydrogen) atoms. The number of alkyl halides is 1. The highest BCUT2D eigenvalue weighted by atomic mass is 127. The highest BCUT2D eigenvalue weighted by molar-refractivity contribution is 14.1. The summed E-state index contributed by atoms with van der Waals surface area (Å²) in [7, 11) is 0. The monoisotopic (exact) mass is 519 g/mol. The van der Waals surface area contributed by atoms with Crippen molar-refractivity contribution in [3.05, 3.63) is 36.4 Å². The first-order chi connectivity index (χ1) is 14.4. The van der Waals surface area contributed by atoms with Gasteiger partial charge in [-0.25, -0.2) is 23.9 Å². The molecule has 9 heteroatoms. The molecule has 1 aliphatic carbocycles. The van der Waals surface area contributed by atoms with E-state index in [4.69, 9.17) is 10.1 Å². The van der Waals surface area contributed by atoms with Crippen molar-refractivity contribution in [2.45, 2.75) is 52.4 Å². The van der Waals surface area contributed by atoms with E-state index in [0.717, 1.165) is 40.0 Å². The van der Waals surface area contributed by atoms with Crippen LogP contribution in [0, 0.1) is 12.8 Å². The Balaban J connectivity index is 1.52. The van der Waals surface area contributed by atoms with Crippen LogP contribution in [0.4, 0.5) is 10.3 Å². The molecule has 1 aliphatic rings. The fourth-order valence-corrected chi connectivity index (χ4v) is 4.82. The summed E-state index contributed by atoms with van der Waals surface area (Å²) in [5.41, 5.74) is 4.10. The Morgan fingerprint density at radius 3 is 2.80 bits per heavy atom. The van der Waals surface area contributed by atoms with Crippen molar-refractivity contribution in [1.82, 2.24) is 29.1 Å². The number of aromatic nitrogens is 6. The molecule has 1 unspecified atom stereocenters. The Kier molecular flexibility index (Phi) is 4.87. The highest BCUT2D eigenvalue weighted by Gasteiger charge is 2.31. The first-order valence-corrected chi connectivity index (χ1v) is 11.1. The number of rotatable bonds is 5. The van der Waals surface area contributed by atoms with Gasteiger partial charge < -0.3 is 4.57 Å². The number of nitrogens with zero attached hydrogens (tertiary/aromatic N) is 7. The number of hydrogen-bond donors (Lipinski definition) is 0. The largest absolute Gasteiger partial charge is 0.310 e. The van der Waals surface area contributed by atoms with Crippen LogP contribution in [0.15, 0.2) is 30.6 Å². The Hall–Kier alpha value is -2.30. The molecule has 0 N–H and O–H groups in total. The second-order valence-corrected chi connectivity index (χ2v) is 9.29. The first kappa shape index (κ1) is 19.7. The lowest BCUT2D eigenvalue weighted by molar-refractivity contribution is 0.297. The summed E-state index contributed by atoms with van der Waals surface area (Å²) in [6.07, 6.45) is 5.17. The van der Waals surface area contributed by atoms with E-state index in [9.17, 15) is 4.39 Å². The molecular formula is C21H23FIN7. The fraction of sp³-hybridized carbons (Fsp3) is 0.429. The third-order valence-electron chi connectivity index (χ3n) is 5.76. The SMILES string of the molecule is Cc1nc2ccc(-c3ccn4nc(N(I)[C@H]5C[C@H](C)C5)ncc34)nc2n1CC(C)F. The van der Waals surface area contributed by atoms with E-state index in [1.165, 1.54) is 12.8 Å². The maximum atomic E-state index is 13.7. The van der Waals surface area contributed by atoms with E-state index < -0.39 is 6.17 Å². The van der Waals surface area contributed by atoms with E-state index in [2.05, 4.69) is 42.9 Å². The molecule has 0 radical (unpaired) electrons. The van der Waals surface area contributed by atoms with E-state index in [1.54, 1.807) is 6.92 Å². The van der Waals surface area contributed by atoms with Gasteiger partial charge in [0, 0.05) is 17.8 Å². The summed E-state index contributed by atoms with van der Waals surface area (Å²) in [5.74, 6) is 2.25. The predicted octanol–water partition coefficient (Wildman–Crippen LogP) is 4.76. The lowest BCUT2D eigenvalue weighted by Gasteiger charge is -2.37. The quantitative estimate of drug-likeness (QED) is 0.281. The number of anilines is 1. The second-order valence-electron chi connectivity index (χ2n) is 8.25. The second kappa shape index (κ2) is 7.44. The van der Waals surface area contributed by atoms with Gasteiger partial charge in [0.15, 0.2) is 5.65 Å². The standard InChI is InChI=1S/C21H23FIN7/c1-12-8-15(9-12)30(23)21-24-10-19-16(6-7-29(19)27-21)17-4-5-18-20(26-17)28(11-13(2)22)14(3)25-18/h4-7,10,12-13,15H,8-9,11H2,1-3H3/t12-,13?,15-. The van der Waals surface area contributed by atoms with Gasteiger partial charge in [0.1, 0.15) is 17.5 Å². The predicted molar refractivity (Wildman–Crippen MR) is 124 cm³/mol. The summed E-state index contributed by atoms with van der Waals surface area (Å²) >= 11 is 2.31. The molecule has 1 saturated carbocycles. The zero-order chi connectivity index (χ0) is 21.0. The minimum atomic E-state index is -0.969. The molecule has 0 amide bonds. The van der Waals surface area contributed by atoms with Gasteiger partial charge in [0.05, 0.1) is 46.8 Å². The van der Waals surface area contributed by atoms with E-state index in [1.807, 2.05) is 46.6 Å². The molecule has 1 atom stereocenters.